The molecular weight excluding hydrogens is 562 g/mol. The fraction of sp³-hybridized carbons (Fsp3) is 0.306. The van der Waals surface area contributed by atoms with Crippen LogP contribution in [-0.2, 0) is 24.3 Å². The maximum Gasteiger partial charge on any atom is 0.185 e. The molecule has 0 aliphatic heterocycles. The Morgan fingerprint density at radius 1 is 0.867 bits per heavy atom. The first-order chi connectivity index (χ1) is 22.0. The van der Waals surface area contributed by atoms with E-state index in [0.717, 1.165) is 80.9 Å². The number of rotatable bonds is 12. The molecule has 9 heteroatoms. The zero-order valence-corrected chi connectivity index (χ0v) is 26.3. The molecule has 0 amide bonds. The van der Waals surface area contributed by atoms with Crippen LogP contribution in [0.4, 0.5) is 0 Å². The number of pyridine rings is 1. The molecule has 3 heterocycles. The number of fused-ring (bicyclic) bond motifs is 1. The lowest BCUT2D eigenvalue weighted by Crippen LogP contribution is -2.12. The predicted molar refractivity (Wildman–Crippen MR) is 176 cm³/mol. The molecule has 0 aliphatic carbocycles. The lowest BCUT2D eigenvalue weighted by atomic mass is 9.98. The van der Waals surface area contributed by atoms with E-state index >= 15 is 0 Å². The topological polar surface area (TPSA) is 104 Å². The molecule has 0 radical (unpaired) electrons. The van der Waals surface area contributed by atoms with Crippen molar-refractivity contribution in [2.24, 2.45) is 0 Å². The molecule has 1 atom stereocenters. The third-order valence-electron chi connectivity index (χ3n) is 8.24. The molecule has 1 unspecified atom stereocenters. The number of tetrazole rings is 1. The molecule has 1 N–H and O–H groups in total. The summed E-state index contributed by atoms with van der Waals surface area (Å²) < 4.78 is 9.71. The minimum atomic E-state index is -0.283. The zero-order valence-electron chi connectivity index (χ0n) is 26.3. The number of unbranched alkanes of at least 4 members (excludes halogenated alkanes) is 1. The summed E-state index contributed by atoms with van der Waals surface area (Å²) in [4.78, 5) is 10.2. The zero-order chi connectivity index (χ0) is 31.3. The van der Waals surface area contributed by atoms with Gasteiger partial charge in [-0.2, -0.15) is 4.68 Å². The number of imidazole rings is 1. The highest BCUT2D eigenvalue weighted by atomic mass is 16.5. The minimum absolute atomic E-state index is 0.102. The fourth-order valence-electron chi connectivity index (χ4n) is 6.02. The second-order valence-electron chi connectivity index (χ2n) is 11.2. The Morgan fingerprint density at radius 3 is 2.31 bits per heavy atom. The van der Waals surface area contributed by atoms with Gasteiger partial charge in [-0.3, -0.25) is 0 Å². The first kappa shape index (κ1) is 30.3. The average Bonchev–Trinajstić information content (AvgIpc) is 3.69. The van der Waals surface area contributed by atoms with Crippen LogP contribution in [0, 0.1) is 6.92 Å². The molecule has 0 aliphatic rings. The summed E-state index contributed by atoms with van der Waals surface area (Å²) in [6.45, 7) is 9.20. The number of aliphatic hydroxyl groups is 1. The van der Waals surface area contributed by atoms with Crippen LogP contribution < -0.4 is 0 Å². The van der Waals surface area contributed by atoms with E-state index in [9.17, 15) is 5.11 Å². The second kappa shape index (κ2) is 13.5. The van der Waals surface area contributed by atoms with Crippen molar-refractivity contribution in [1.29, 1.82) is 0 Å². The second-order valence-corrected chi connectivity index (χ2v) is 11.2. The van der Waals surface area contributed by atoms with Crippen molar-refractivity contribution < 1.29 is 9.84 Å². The first-order valence-electron chi connectivity index (χ1n) is 15.7. The van der Waals surface area contributed by atoms with Gasteiger partial charge in [0, 0.05) is 35.4 Å². The van der Waals surface area contributed by atoms with Gasteiger partial charge in [-0.05, 0) is 59.9 Å². The lowest BCUT2D eigenvalue weighted by molar-refractivity contribution is 0.0159. The summed E-state index contributed by atoms with van der Waals surface area (Å²) in [5.41, 5.74) is 9.48. The van der Waals surface area contributed by atoms with Crippen LogP contribution >= 0.6 is 0 Å². The SMILES string of the molecule is CCCCc1nc2c(CO)c(-c3ccccc3)c(C)nc2n1Cc1ccc(-c2ccccc2-c2nnnn2C(C)OCC)cc1. The van der Waals surface area contributed by atoms with E-state index in [1.807, 2.05) is 57.2 Å². The van der Waals surface area contributed by atoms with E-state index in [4.69, 9.17) is 14.7 Å². The Labute approximate surface area is 263 Å². The molecule has 0 bridgehead atoms. The summed E-state index contributed by atoms with van der Waals surface area (Å²) in [7, 11) is 0. The molecule has 0 fully saturated rings. The summed E-state index contributed by atoms with van der Waals surface area (Å²) >= 11 is 0. The highest BCUT2D eigenvalue weighted by molar-refractivity contribution is 5.86. The Kier molecular flexibility index (Phi) is 9.09. The van der Waals surface area contributed by atoms with Crippen LogP contribution in [0.5, 0.6) is 0 Å². The van der Waals surface area contributed by atoms with Gasteiger partial charge in [0.1, 0.15) is 11.3 Å². The molecule has 3 aromatic heterocycles. The van der Waals surface area contributed by atoms with Crippen molar-refractivity contribution in [3.63, 3.8) is 0 Å². The quantitative estimate of drug-likeness (QED) is 0.159. The van der Waals surface area contributed by atoms with Crippen LogP contribution in [0.3, 0.4) is 0 Å². The van der Waals surface area contributed by atoms with Crippen LogP contribution in [0.1, 0.15) is 62.5 Å². The molecule has 230 valence electrons. The van der Waals surface area contributed by atoms with Gasteiger partial charge < -0.3 is 14.4 Å². The van der Waals surface area contributed by atoms with Crippen LogP contribution in [0.15, 0.2) is 78.9 Å². The molecule has 3 aromatic carbocycles. The number of hydrogen-bond acceptors (Lipinski definition) is 7. The molecule has 6 aromatic rings. The van der Waals surface area contributed by atoms with Gasteiger partial charge in [-0.25, -0.2) is 9.97 Å². The van der Waals surface area contributed by atoms with E-state index in [1.165, 1.54) is 0 Å². The third-order valence-corrected chi connectivity index (χ3v) is 8.24. The minimum Gasteiger partial charge on any atom is -0.392 e. The Bertz CT molecular complexity index is 1900. The van der Waals surface area contributed by atoms with Crippen LogP contribution in [-0.4, -0.2) is 46.5 Å². The maximum atomic E-state index is 10.6. The van der Waals surface area contributed by atoms with E-state index in [1.54, 1.807) is 4.68 Å². The monoisotopic (exact) mass is 601 g/mol. The smallest absolute Gasteiger partial charge is 0.185 e. The summed E-state index contributed by atoms with van der Waals surface area (Å²) in [6.07, 6.45) is 2.66. The van der Waals surface area contributed by atoms with Gasteiger partial charge in [0.25, 0.3) is 0 Å². The molecule has 9 nitrogen and oxygen atoms in total. The maximum absolute atomic E-state index is 10.6. The standard InChI is InChI=1S/C36H39N7O2/c1-5-7-17-32-38-34-31(23-44)33(28-13-9-8-10-14-28)24(3)37-36(34)42(32)22-26-18-20-27(21-19-26)29-15-11-12-16-30(29)35-39-40-41-43(35)25(4)45-6-2/h8-16,18-21,25,44H,5-7,17,22-23H2,1-4H3. The van der Waals surface area contributed by atoms with Crippen molar-refractivity contribution in [2.45, 2.75) is 66.3 Å². The van der Waals surface area contributed by atoms with Crippen LogP contribution in [0.2, 0.25) is 0 Å². The van der Waals surface area contributed by atoms with E-state index in [0.29, 0.717) is 19.0 Å². The van der Waals surface area contributed by atoms with Gasteiger partial charge >= 0.3 is 0 Å². The average molecular weight is 602 g/mol. The number of aliphatic hydroxyl groups excluding tert-OH is 1. The van der Waals surface area contributed by atoms with E-state index in [2.05, 4.69) is 69.5 Å². The van der Waals surface area contributed by atoms with Crippen molar-refractivity contribution in [2.75, 3.05) is 6.61 Å². The highest BCUT2D eigenvalue weighted by Gasteiger charge is 2.22. The Hall–Kier alpha value is -4.73. The molecule has 0 saturated carbocycles. The normalized spacial score (nSPS) is 12.2. The number of benzene rings is 3. The molecule has 0 saturated heterocycles. The van der Waals surface area contributed by atoms with Crippen molar-refractivity contribution in [1.82, 2.24) is 34.7 Å². The fourth-order valence-corrected chi connectivity index (χ4v) is 6.02. The third kappa shape index (κ3) is 6.01. The number of aryl methyl sites for hydroxylation is 2. The van der Waals surface area contributed by atoms with Gasteiger partial charge in [0.15, 0.2) is 17.7 Å². The predicted octanol–water partition coefficient (Wildman–Crippen LogP) is 7.17. The van der Waals surface area contributed by atoms with Crippen LogP contribution in [0.25, 0.3) is 44.8 Å². The molecule has 0 spiro atoms. The van der Waals surface area contributed by atoms with Crippen molar-refractivity contribution in [3.8, 4) is 33.6 Å². The van der Waals surface area contributed by atoms with Gasteiger partial charge in [-0.1, -0.05) is 92.2 Å². The summed E-state index contributed by atoms with van der Waals surface area (Å²) in [5.74, 6) is 1.65. The van der Waals surface area contributed by atoms with E-state index < -0.39 is 0 Å². The van der Waals surface area contributed by atoms with Crippen molar-refractivity contribution in [3.05, 3.63) is 102 Å². The molecular formula is C36H39N7O2. The largest absolute Gasteiger partial charge is 0.392 e. The number of aromatic nitrogens is 7. The van der Waals surface area contributed by atoms with Crippen molar-refractivity contribution >= 4 is 11.2 Å². The number of ether oxygens (including phenoxy) is 1. The summed E-state index contributed by atoms with van der Waals surface area (Å²) in [6, 6.07) is 26.9. The number of hydrogen-bond donors (Lipinski definition) is 1. The molecule has 6 rings (SSSR count). The van der Waals surface area contributed by atoms with Gasteiger partial charge in [0.05, 0.1) is 13.2 Å². The van der Waals surface area contributed by atoms with Gasteiger partial charge in [0.2, 0.25) is 0 Å². The van der Waals surface area contributed by atoms with E-state index in [-0.39, 0.29) is 12.8 Å². The lowest BCUT2D eigenvalue weighted by Gasteiger charge is -2.15. The van der Waals surface area contributed by atoms with Gasteiger partial charge in [-0.15, -0.1) is 5.10 Å². The number of nitrogens with zero attached hydrogens (tertiary/aromatic N) is 7. The first-order valence-corrected chi connectivity index (χ1v) is 15.7. The summed E-state index contributed by atoms with van der Waals surface area (Å²) in [5, 5.41) is 23.1. The Morgan fingerprint density at radius 2 is 1.60 bits per heavy atom. The Balaban J connectivity index is 1.37. The molecule has 45 heavy (non-hydrogen) atoms. The highest BCUT2D eigenvalue weighted by Crippen LogP contribution is 2.34.